The van der Waals surface area contributed by atoms with Crippen LogP contribution in [0, 0.1) is 6.92 Å². The molecule has 0 aromatic carbocycles. The summed E-state index contributed by atoms with van der Waals surface area (Å²) < 4.78 is 6.84. The molecule has 7 heteroatoms. The smallest absolute Gasteiger partial charge is 0.243 e. The maximum atomic E-state index is 12.1. The summed E-state index contributed by atoms with van der Waals surface area (Å²) in [5.41, 5.74) is 0.728. The van der Waals surface area contributed by atoms with Crippen LogP contribution in [0.15, 0.2) is 29.0 Å². The number of hydrogen-bond donors (Lipinski definition) is 2. The van der Waals surface area contributed by atoms with Gasteiger partial charge in [-0.25, -0.2) is 0 Å². The van der Waals surface area contributed by atoms with Crippen molar-refractivity contribution in [1.82, 2.24) is 20.3 Å². The van der Waals surface area contributed by atoms with Crippen molar-refractivity contribution in [1.29, 1.82) is 0 Å². The molecule has 3 atom stereocenters. The molecule has 0 aliphatic rings. The zero-order valence-electron chi connectivity index (χ0n) is 12.7. The molecule has 0 aliphatic carbocycles. The fourth-order valence-corrected chi connectivity index (χ4v) is 2.01. The van der Waals surface area contributed by atoms with Crippen molar-refractivity contribution in [2.75, 3.05) is 5.32 Å². The van der Waals surface area contributed by atoms with E-state index >= 15 is 0 Å². The first-order valence-corrected chi connectivity index (χ1v) is 6.96. The van der Waals surface area contributed by atoms with E-state index in [0.29, 0.717) is 5.88 Å². The van der Waals surface area contributed by atoms with Gasteiger partial charge in [-0.3, -0.25) is 14.8 Å². The van der Waals surface area contributed by atoms with Crippen LogP contribution in [0.5, 0.6) is 0 Å². The molecule has 2 rings (SSSR count). The van der Waals surface area contributed by atoms with E-state index in [1.54, 1.807) is 19.2 Å². The molecule has 3 unspecified atom stereocenters. The van der Waals surface area contributed by atoms with Crippen LogP contribution < -0.4 is 10.6 Å². The molecule has 0 saturated carbocycles. The van der Waals surface area contributed by atoms with Crippen molar-refractivity contribution in [3.63, 3.8) is 0 Å². The third-order valence-corrected chi connectivity index (χ3v) is 3.45. The second-order valence-corrected chi connectivity index (χ2v) is 5.23. The van der Waals surface area contributed by atoms with Crippen LogP contribution in [-0.4, -0.2) is 32.9 Å². The highest BCUT2D eigenvalue weighted by molar-refractivity contribution is 5.93. The second kappa shape index (κ2) is 6.53. The first kappa shape index (κ1) is 15.2. The lowest BCUT2D eigenvalue weighted by Gasteiger charge is -2.24. The summed E-state index contributed by atoms with van der Waals surface area (Å²) >= 11 is 0. The molecule has 0 radical (unpaired) electrons. The standard InChI is InChI=1S/C14H21N5O2/c1-9-8-13(21-18-9)17-14(20)11(3)16-10(2)12(4)19-7-5-6-15-19/h5-8,10-12,16H,1-4H3,(H,17,20). The Labute approximate surface area is 123 Å². The number of carbonyl (C=O) groups is 1. The Bertz CT molecular complexity index is 578. The molecule has 0 bridgehead atoms. The fraction of sp³-hybridized carbons (Fsp3) is 0.500. The lowest BCUT2D eigenvalue weighted by atomic mass is 10.1. The zero-order valence-corrected chi connectivity index (χ0v) is 12.7. The minimum absolute atomic E-state index is 0.0853. The minimum atomic E-state index is -0.358. The van der Waals surface area contributed by atoms with E-state index in [-0.39, 0.29) is 24.0 Å². The number of nitrogens with zero attached hydrogens (tertiary/aromatic N) is 3. The number of hydrogen-bond acceptors (Lipinski definition) is 5. The molecule has 2 aromatic rings. The molecule has 0 spiro atoms. The molecule has 2 N–H and O–H groups in total. The molecule has 0 saturated heterocycles. The van der Waals surface area contributed by atoms with Crippen LogP contribution in [0.25, 0.3) is 0 Å². The van der Waals surface area contributed by atoms with Crippen molar-refractivity contribution in [3.8, 4) is 0 Å². The molecule has 114 valence electrons. The maximum absolute atomic E-state index is 12.1. The van der Waals surface area contributed by atoms with Gasteiger partial charge in [0.2, 0.25) is 11.8 Å². The lowest BCUT2D eigenvalue weighted by molar-refractivity contribution is -0.118. The largest absolute Gasteiger partial charge is 0.338 e. The number of rotatable bonds is 6. The Balaban J connectivity index is 1.88. The van der Waals surface area contributed by atoms with Gasteiger partial charge < -0.3 is 9.84 Å². The van der Waals surface area contributed by atoms with Gasteiger partial charge in [-0.05, 0) is 33.8 Å². The Morgan fingerprint density at radius 1 is 1.38 bits per heavy atom. The monoisotopic (exact) mass is 291 g/mol. The molecule has 2 aromatic heterocycles. The topological polar surface area (TPSA) is 85.0 Å². The molecule has 7 nitrogen and oxygen atoms in total. The Kier molecular flexibility index (Phi) is 4.74. The summed E-state index contributed by atoms with van der Waals surface area (Å²) in [7, 11) is 0. The van der Waals surface area contributed by atoms with E-state index in [9.17, 15) is 4.79 Å². The predicted molar refractivity (Wildman–Crippen MR) is 78.9 cm³/mol. The van der Waals surface area contributed by atoms with E-state index in [1.807, 2.05) is 30.8 Å². The van der Waals surface area contributed by atoms with E-state index in [0.717, 1.165) is 5.69 Å². The molecule has 0 fully saturated rings. The van der Waals surface area contributed by atoms with Crippen molar-refractivity contribution < 1.29 is 9.32 Å². The molecule has 1 amide bonds. The first-order chi connectivity index (χ1) is 9.97. The van der Waals surface area contributed by atoms with Gasteiger partial charge in [0.15, 0.2) is 0 Å². The number of nitrogens with one attached hydrogen (secondary N) is 2. The van der Waals surface area contributed by atoms with Crippen molar-refractivity contribution >= 4 is 11.8 Å². The van der Waals surface area contributed by atoms with E-state index in [2.05, 4.69) is 27.8 Å². The predicted octanol–water partition coefficient (Wildman–Crippen LogP) is 1.75. The average molecular weight is 291 g/mol. The Morgan fingerprint density at radius 3 is 2.71 bits per heavy atom. The van der Waals surface area contributed by atoms with Gasteiger partial charge >= 0.3 is 0 Å². The summed E-state index contributed by atoms with van der Waals surface area (Å²) in [6, 6.07) is 3.43. The molecule has 2 heterocycles. The third-order valence-electron chi connectivity index (χ3n) is 3.45. The second-order valence-electron chi connectivity index (χ2n) is 5.23. The molecular weight excluding hydrogens is 270 g/mol. The van der Waals surface area contributed by atoms with Crippen LogP contribution in [0.1, 0.15) is 32.5 Å². The van der Waals surface area contributed by atoms with Gasteiger partial charge in [-0.2, -0.15) is 5.10 Å². The van der Waals surface area contributed by atoms with Crippen LogP contribution in [0.2, 0.25) is 0 Å². The third kappa shape index (κ3) is 3.91. The normalized spacial score (nSPS) is 15.4. The van der Waals surface area contributed by atoms with Gasteiger partial charge in [-0.1, -0.05) is 5.16 Å². The first-order valence-electron chi connectivity index (χ1n) is 6.96. The van der Waals surface area contributed by atoms with Gasteiger partial charge in [0.05, 0.1) is 17.8 Å². The average Bonchev–Trinajstić information content (AvgIpc) is 3.09. The van der Waals surface area contributed by atoms with Crippen molar-refractivity contribution in [2.45, 2.75) is 45.8 Å². The van der Waals surface area contributed by atoms with E-state index in [4.69, 9.17) is 4.52 Å². The molecule has 21 heavy (non-hydrogen) atoms. The van der Waals surface area contributed by atoms with Crippen molar-refractivity contribution in [3.05, 3.63) is 30.2 Å². The SMILES string of the molecule is Cc1cc(NC(=O)C(C)NC(C)C(C)n2cccn2)on1. The van der Waals surface area contributed by atoms with Crippen LogP contribution >= 0.6 is 0 Å². The maximum Gasteiger partial charge on any atom is 0.243 e. The Hall–Kier alpha value is -2.15. The number of carbonyl (C=O) groups excluding carboxylic acids is 1. The fourth-order valence-electron chi connectivity index (χ4n) is 2.01. The number of aryl methyl sites for hydroxylation is 1. The quantitative estimate of drug-likeness (QED) is 0.847. The number of anilines is 1. The number of aromatic nitrogens is 3. The van der Waals surface area contributed by atoms with Crippen LogP contribution in [-0.2, 0) is 4.79 Å². The van der Waals surface area contributed by atoms with Gasteiger partial charge in [0.25, 0.3) is 0 Å². The number of amides is 1. The summed E-state index contributed by atoms with van der Waals surface area (Å²) in [5.74, 6) is 0.199. The highest BCUT2D eigenvalue weighted by Gasteiger charge is 2.21. The summed E-state index contributed by atoms with van der Waals surface area (Å²) in [6.07, 6.45) is 3.65. The van der Waals surface area contributed by atoms with Gasteiger partial charge in [-0.15, -0.1) is 0 Å². The van der Waals surface area contributed by atoms with Crippen molar-refractivity contribution in [2.24, 2.45) is 0 Å². The summed E-state index contributed by atoms with van der Waals surface area (Å²) in [6.45, 7) is 7.68. The highest BCUT2D eigenvalue weighted by Crippen LogP contribution is 2.11. The Morgan fingerprint density at radius 2 is 2.14 bits per heavy atom. The zero-order chi connectivity index (χ0) is 15.4. The van der Waals surface area contributed by atoms with E-state index in [1.165, 1.54) is 0 Å². The summed E-state index contributed by atoms with van der Waals surface area (Å²) in [5, 5.41) is 13.9. The van der Waals surface area contributed by atoms with Gasteiger partial charge in [0.1, 0.15) is 0 Å². The van der Waals surface area contributed by atoms with Crippen LogP contribution in [0.4, 0.5) is 5.88 Å². The highest BCUT2D eigenvalue weighted by atomic mass is 16.5. The van der Waals surface area contributed by atoms with E-state index < -0.39 is 0 Å². The van der Waals surface area contributed by atoms with Gasteiger partial charge in [0, 0.05) is 24.5 Å². The molecular formula is C14H21N5O2. The lowest BCUT2D eigenvalue weighted by Crippen LogP contribution is -2.45. The minimum Gasteiger partial charge on any atom is -0.338 e. The van der Waals surface area contributed by atoms with Crippen LogP contribution in [0.3, 0.4) is 0 Å². The molecule has 0 aliphatic heterocycles. The summed E-state index contributed by atoms with van der Waals surface area (Å²) in [4.78, 5) is 12.1.